The fourth-order valence-corrected chi connectivity index (χ4v) is 5.11. The Kier molecular flexibility index (Phi) is 5.67. The standard InChI is InChI=1S/C16H14FN3O2S3/c17-14-8-6-13(7-9-14)11-25(21,22)20-15-18-19-16(24-15)23-10-12-4-2-1-3-5-12/h1-9H,10-11H2,(H,18,20). The Hall–Kier alpha value is -1.97. The van der Waals surface area contributed by atoms with Gasteiger partial charge in [-0.3, -0.25) is 4.72 Å². The summed E-state index contributed by atoms with van der Waals surface area (Å²) >= 11 is 2.68. The molecule has 0 aliphatic rings. The first-order chi connectivity index (χ1) is 12.0. The van der Waals surface area contributed by atoms with Crippen LogP contribution < -0.4 is 4.72 Å². The molecule has 0 atom stereocenters. The van der Waals surface area contributed by atoms with E-state index in [0.29, 0.717) is 9.90 Å². The number of benzene rings is 2. The van der Waals surface area contributed by atoms with Crippen molar-refractivity contribution in [2.24, 2.45) is 0 Å². The van der Waals surface area contributed by atoms with Gasteiger partial charge < -0.3 is 0 Å². The molecule has 1 N–H and O–H groups in total. The predicted molar refractivity (Wildman–Crippen MR) is 98.6 cm³/mol. The monoisotopic (exact) mass is 395 g/mol. The molecule has 3 rings (SSSR count). The Labute approximate surface area is 153 Å². The van der Waals surface area contributed by atoms with Gasteiger partial charge in [-0.2, -0.15) is 0 Å². The van der Waals surface area contributed by atoms with E-state index in [1.54, 1.807) is 0 Å². The number of hydrogen-bond acceptors (Lipinski definition) is 6. The van der Waals surface area contributed by atoms with Gasteiger partial charge in [-0.05, 0) is 23.3 Å². The number of anilines is 1. The zero-order chi connectivity index (χ0) is 17.7. The topological polar surface area (TPSA) is 72.0 Å². The second kappa shape index (κ2) is 7.94. The highest BCUT2D eigenvalue weighted by Gasteiger charge is 2.15. The van der Waals surface area contributed by atoms with Crippen LogP contribution in [0, 0.1) is 5.82 Å². The molecule has 2 aromatic carbocycles. The quantitative estimate of drug-likeness (QED) is 0.614. The maximum absolute atomic E-state index is 12.9. The zero-order valence-corrected chi connectivity index (χ0v) is 15.4. The summed E-state index contributed by atoms with van der Waals surface area (Å²) in [6.45, 7) is 0. The van der Waals surface area contributed by atoms with Crippen molar-refractivity contribution < 1.29 is 12.8 Å². The average Bonchev–Trinajstić information content (AvgIpc) is 3.02. The summed E-state index contributed by atoms with van der Waals surface area (Å²) in [7, 11) is -3.63. The lowest BCUT2D eigenvalue weighted by Crippen LogP contribution is -2.14. The number of sulfonamides is 1. The van der Waals surface area contributed by atoms with E-state index >= 15 is 0 Å². The van der Waals surface area contributed by atoms with E-state index < -0.39 is 15.8 Å². The zero-order valence-electron chi connectivity index (χ0n) is 12.9. The number of nitrogens with zero attached hydrogens (tertiary/aromatic N) is 2. The lowest BCUT2D eigenvalue weighted by molar-refractivity contribution is 0.599. The van der Waals surface area contributed by atoms with E-state index in [2.05, 4.69) is 14.9 Å². The molecular formula is C16H14FN3O2S3. The van der Waals surface area contributed by atoms with E-state index in [9.17, 15) is 12.8 Å². The Morgan fingerprint density at radius 1 is 1.00 bits per heavy atom. The van der Waals surface area contributed by atoms with Crippen molar-refractivity contribution >= 4 is 38.3 Å². The first kappa shape index (κ1) is 17.8. The van der Waals surface area contributed by atoms with Crippen LogP contribution in [0.3, 0.4) is 0 Å². The van der Waals surface area contributed by atoms with Crippen LogP contribution in [0.4, 0.5) is 9.52 Å². The van der Waals surface area contributed by atoms with Crippen LogP contribution in [0.2, 0.25) is 0 Å². The van der Waals surface area contributed by atoms with Crippen LogP contribution >= 0.6 is 23.1 Å². The molecule has 0 saturated heterocycles. The summed E-state index contributed by atoms with van der Waals surface area (Å²) in [4.78, 5) is 0. The van der Waals surface area contributed by atoms with Crippen LogP contribution in [0.15, 0.2) is 58.9 Å². The Bertz CT molecular complexity index is 929. The molecule has 0 aliphatic heterocycles. The van der Waals surface area contributed by atoms with Crippen LogP contribution in [-0.4, -0.2) is 18.6 Å². The molecule has 1 heterocycles. The number of aromatic nitrogens is 2. The Morgan fingerprint density at radius 2 is 1.72 bits per heavy atom. The van der Waals surface area contributed by atoms with Crippen molar-refractivity contribution in [1.82, 2.24) is 10.2 Å². The highest BCUT2D eigenvalue weighted by Crippen LogP contribution is 2.28. The minimum atomic E-state index is -3.63. The van der Waals surface area contributed by atoms with Crippen LogP contribution in [0.25, 0.3) is 0 Å². The molecule has 0 saturated carbocycles. The lowest BCUT2D eigenvalue weighted by atomic mass is 10.2. The fourth-order valence-electron chi connectivity index (χ4n) is 2.00. The lowest BCUT2D eigenvalue weighted by Gasteiger charge is -2.04. The molecule has 3 aromatic rings. The van der Waals surface area contributed by atoms with E-state index in [4.69, 9.17) is 0 Å². The second-order valence-electron chi connectivity index (χ2n) is 5.14. The molecule has 1 aromatic heterocycles. The van der Waals surface area contributed by atoms with Crippen LogP contribution in [0.1, 0.15) is 11.1 Å². The van der Waals surface area contributed by atoms with Gasteiger partial charge in [0.1, 0.15) is 5.82 Å². The van der Waals surface area contributed by atoms with E-state index in [0.717, 1.165) is 11.3 Å². The highest BCUT2D eigenvalue weighted by atomic mass is 32.2. The third-order valence-corrected chi connectivity index (χ3v) is 6.51. The molecule has 9 heteroatoms. The summed E-state index contributed by atoms with van der Waals surface area (Å²) in [5.74, 6) is 0.0789. The van der Waals surface area contributed by atoms with E-state index in [1.165, 1.54) is 47.4 Å². The Morgan fingerprint density at radius 3 is 2.44 bits per heavy atom. The fraction of sp³-hybridized carbons (Fsp3) is 0.125. The highest BCUT2D eigenvalue weighted by molar-refractivity contribution is 8.00. The maximum atomic E-state index is 12.9. The summed E-state index contributed by atoms with van der Waals surface area (Å²) in [6.07, 6.45) is 0. The van der Waals surface area contributed by atoms with Gasteiger partial charge in [-0.1, -0.05) is 65.6 Å². The third kappa shape index (κ3) is 5.52. The number of halogens is 1. The van der Waals surface area contributed by atoms with Crippen molar-refractivity contribution in [1.29, 1.82) is 0 Å². The van der Waals surface area contributed by atoms with Gasteiger partial charge >= 0.3 is 0 Å². The van der Waals surface area contributed by atoms with Crippen molar-refractivity contribution in [2.75, 3.05) is 4.72 Å². The van der Waals surface area contributed by atoms with E-state index in [1.807, 2.05) is 30.3 Å². The summed E-state index contributed by atoms with van der Waals surface area (Å²) in [5.41, 5.74) is 1.65. The third-order valence-electron chi connectivity index (χ3n) is 3.12. The van der Waals surface area contributed by atoms with E-state index in [-0.39, 0.29) is 10.9 Å². The van der Waals surface area contributed by atoms with Crippen LogP contribution in [0.5, 0.6) is 0 Å². The normalized spacial score (nSPS) is 11.4. The first-order valence-electron chi connectivity index (χ1n) is 7.25. The molecule has 0 fully saturated rings. The molecule has 0 amide bonds. The molecule has 5 nitrogen and oxygen atoms in total. The molecule has 0 aliphatic carbocycles. The van der Waals surface area contributed by atoms with Gasteiger partial charge in [-0.15, -0.1) is 10.2 Å². The second-order valence-corrected chi connectivity index (χ2v) is 9.06. The SMILES string of the molecule is O=S(=O)(Cc1ccc(F)cc1)Nc1nnc(SCc2ccccc2)s1. The largest absolute Gasteiger partial charge is 0.257 e. The van der Waals surface area contributed by atoms with Crippen molar-refractivity contribution in [3.8, 4) is 0 Å². The maximum Gasteiger partial charge on any atom is 0.238 e. The minimum Gasteiger partial charge on any atom is -0.257 e. The predicted octanol–water partition coefficient (Wildman–Crippen LogP) is 3.91. The molecule has 0 unspecified atom stereocenters. The van der Waals surface area contributed by atoms with Crippen molar-refractivity contribution in [3.05, 3.63) is 71.5 Å². The van der Waals surface area contributed by atoms with Gasteiger partial charge in [-0.25, -0.2) is 12.8 Å². The van der Waals surface area contributed by atoms with Gasteiger partial charge in [0.2, 0.25) is 15.2 Å². The summed E-state index contributed by atoms with van der Waals surface area (Å²) in [6, 6.07) is 15.2. The number of rotatable bonds is 7. The molecule has 0 spiro atoms. The minimum absolute atomic E-state index is 0.220. The molecule has 25 heavy (non-hydrogen) atoms. The van der Waals surface area contributed by atoms with Crippen LogP contribution in [-0.2, 0) is 21.5 Å². The molecule has 130 valence electrons. The number of hydrogen-bond donors (Lipinski definition) is 1. The Balaban J connectivity index is 1.59. The molecule has 0 bridgehead atoms. The van der Waals surface area contributed by atoms with Gasteiger partial charge in [0.05, 0.1) is 5.75 Å². The average molecular weight is 396 g/mol. The summed E-state index contributed by atoms with van der Waals surface area (Å²) < 4.78 is 40.3. The van der Waals surface area contributed by atoms with Gasteiger partial charge in [0.15, 0.2) is 4.34 Å². The van der Waals surface area contributed by atoms with Crippen molar-refractivity contribution in [3.63, 3.8) is 0 Å². The number of thioether (sulfide) groups is 1. The smallest absolute Gasteiger partial charge is 0.238 e. The molecular weight excluding hydrogens is 381 g/mol. The van der Waals surface area contributed by atoms with Gasteiger partial charge in [0, 0.05) is 5.75 Å². The first-order valence-corrected chi connectivity index (χ1v) is 10.7. The van der Waals surface area contributed by atoms with Crippen molar-refractivity contribution in [2.45, 2.75) is 15.8 Å². The molecule has 0 radical (unpaired) electrons. The summed E-state index contributed by atoms with van der Waals surface area (Å²) in [5, 5.41) is 8.08. The van der Waals surface area contributed by atoms with Gasteiger partial charge in [0.25, 0.3) is 0 Å². The number of nitrogens with one attached hydrogen (secondary N) is 1.